The van der Waals surface area contributed by atoms with E-state index < -0.39 is 0 Å². The highest BCUT2D eigenvalue weighted by Gasteiger charge is 2.16. The molecule has 0 aromatic carbocycles. The van der Waals surface area contributed by atoms with Gasteiger partial charge in [0, 0.05) is 19.1 Å². The van der Waals surface area contributed by atoms with Crippen molar-refractivity contribution >= 4 is 5.97 Å². The van der Waals surface area contributed by atoms with E-state index in [1.54, 1.807) is 0 Å². The largest absolute Gasteiger partial charge is 0.468 e. The quantitative estimate of drug-likeness (QED) is 0.637. The first kappa shape index (κ1) is 15.4. The normalized spacial score (nSPS) is 14.9. The number of carbonyl (C=O) groups is 1. The first-order valence-electron chi connectivity index (χ1n) is 6.08. The van der Waals surface area contributed by atoms with Gasteiger partial charge in [-0.05, 0) is 26.8 Å². The molecule has 0 rings (SSSR count). The molecule has 0 saturated heterocycles. The number of likely N-dealkylation sites (N-methyl/N-ethyl adjacent to an activating group) is 1. The maximum Gasteiger partial charge on any atom is 0.322 e. The van der Waals surface area contributed by atoms with Gasteiger partial charge >= 0.3 is 5.97 Å². The molecule has 4 nitrogen and oxygen atoms in total. The average Bonchev–Trinajstić information content (AvgIpc) is 2.32. The molecule has 0 aromatic heterocycles. The number of hydrogen-bond donors (Lipinski definition) is 1. The molecule has 0 aliphatic rings. The fourth-order valence-electron chi connectivity index (χ4n) is 1.48. The van der Waals surface area contributed by atoms with Crippen molar-refractivity contribution in [1.82, 2.24) is 10.2 Å². The minimum absolute atomic E-state index is 0.171. The molecule has 1 N–H and O–H groups in total. The molecule has 0 aliphatic heterocycles. The average molecular weight is 230 g/mol. The van der Waals surface area contributed by atoms with Crippen LogP contribution in [0.5, 0.6) is 0 Å². The molecule has 0 aromatic rings. The van der Waals surface area contributed by atoms with Crippen LogP contribution in [0.2, 0.25) is 0 Å². The predicted molar refractivity (Wildman–Crippen MR) is 66.5 cm³/mol. The lowest BCUT2D eigenvalue weighted by Gasteiger charge is -2.24. The van der Waals surface area contributed by atoms with Gasteiger partial charge in [-0.3, -0.25) is 4.79 Å². The molecule has 0 fully saturated rings. The maximum atomic E-state index is 11.3. The van der Waals surface area contributed by atoms with Crippen LogP contribution in [-0.2, 0) is 9.53 Å². The Morgan fingerprint density at radius 1 is 1.38 bits per heavy atom. The Bertz CT molecular complexity index is 197. The number of ether oxygens (including phenoxy) is 1. The summed E-state index contributed by atoms with van der Waals surface area (Å²) >= 11 is 0. The minimum Gasteiger partial charge on any atom is -0.468 e. The van der Waals surface area contributed by atoms with E-state index in [-0.39, 0.29) is 12.0 Å². The van der Waals surface area contributed by atoms with Crippen molar-refractivity contribution < 1.29 is 9.53 Å². The number of carbonyl (C=O) groups excluding carboxylic acids is 1. The highest BCUT2D eigenvalue weighted by atomic mass is 16.5. The molecule has 0 aliphatic carbocycles. The summed E-state index contributed by atoms with van der Waals surface area (Å²) in [6.45, 7) is 8.12. The highest BCUT2D eigenvalue weighted by Crippen LogP contribution is 1.99. The van der Waals surface area contributed by atoms with Crippen molar-refractivity contribution in [1.29, 1.82) is 0 Å². The fourth-order valence-corrected chi connectivity index (χ4v) is 1.48. The van der Waals surface area contributed by atoms with E-state index in [0.29, 0.717) is 6.04 Å². The van der Waals surface area contributed by atoms with Gasteiger partial charge in [-0.1, -0.05) is 13.8 Å². The number of methoxy groups -OCH3 is 1. The number of nitrogens with one attached hydrogen (secondary N) is 1. The number of rotatable bonds is 8. The van der Waals surface area contributed by atoms with Crippen molar-refractivity contribution in [3.05, 3.63) is 0 Å². The van der Waals surface area contributed by atoms with E-state index in [4.69, 9.17) is 4.74 Å². The van der Waals surface area contributed by atoms with Crippen LogP contribution in [0.25, 0.3) is 0 Å². The van der Waals surface area contributed by atoms with E-state index >= 15 is 0 Å². The van der Waals surface area contributed by atoms with E-state index in [2.05, 4.69) is 31.1 Å². The Balaban J connectivity index is 3.82. The summed E-state index contributed by atoms with van der Waals surface area (Å²) in [4.78, 5) is 13.6. The monoisotopic (exact) mass is 230 g/mol. The molecular formula is C12H26N2O2. The van der Waals surface area contributed by atoms with Crippen molar-refractivity contribution in [2.45, 2.75) is 45.7 Å². The summed E-state index contributed by atoms with van der Waals surface area (Å²) in [5.41, 5.74) is 0. The van der Waals surface area contributed by atoms with Gasteiger partial charge in [-0.25, -0.2) is 0 Å². The fraction of sp³-hybridized carbons (Fsp3) is 0.917. The van der Waals surface area contributed by atoms with Gasteiger partial charge in [-0.2, -0.15) is 0 Å². The smallest absolute Gasteiger partial charge is 0.322 e. The predicted octanol–water partition coefficient (Wildman–Crippen LogP) is 1.26. The van der Waals surface area contributed by atoms with Crippen molar-refractivity contribution in [3.8, 4) is 0 Å². The lowest BCUT2D eigenvalue weighted by molar-refractivity contribution is -0.143. The Hall–Kier alpha value is -0.610. The number of nitrogens with zero attached hydrogens (tertiary/aromatic N) is 1. The van der Waals surface area contributed by atoms with Crippen LogP contribution in [0.1, 0.15) is 33.6 Å². The van der Waals surface area contributed by atoms with Crippen molar-refractivity contribution in [3.63, 3.8) is 0 Å². The second-order valence-electron chi connectivity index (χ2n) is 4.18. The van der Waals surface area contributed by atoms with E-state index in [1.807, 2.05) is 6.92 Å². The van der Waals surface area contributed by atoms with Crippen LogP contribution in [-0.4, -0.2) is 50.2 Å². The van der Waals surface area contributed by atoms with Gasteiger partial charge in [0.2, 0.25) is 0 Å². The summed E-state index contributed by atoms with van der Waals surface area (Å²) in [7, 11) is 3.53. The lowest BCUT2D eigenvalue weighted by Crippen LogP contribution is -2.42. The summed E-state index contributed by atoms with van der Waals surface area (Å²) in [6.07, 6.45) is 1.91. The van der Waals surface area contributed by atoms with Crippen LogP contribution in [0.15, 0.2) is 0 Å². The Labute approximate surface area is 99.3 Å². The van der Waals surface area contributed by atoms with Crippen LogP contribution in [0.3, 0.4) is 0 Å². The second-order valence-corrected chi connectivity index (χ2v) is 4.18. The van der Waals surface area contributed by atoms with Gasteiger partial charge in [0.25, 0.3) is 0 Å². The van der Waals surface area contributed by atoms with Crippen LogP contribution < -0.4 is 5.32 Å². The van der Waals surface area contributed by atoms with Gasteiger partial charge in [-0.15, -0.1) is 0 Å². The van der Waals surface area contributed by atoms with Crippen molar-refractivity contribution in [2.24, 2.45) is 0 Å². The Morgan fingerprint density at radius 3 is 2.44 bits per heavy atom. The molecule has 0 amide bonds. The van der Waals surface area contributed by atoms with E-state index in [0.717, 1.165) is 25.9 Å². The molecule has 0 saturated carbocycles. The van der Waals surface area contributed by atoms with Crippen LogP contribution in [0.4, 0.5) is 0 Å². The molecule has 2 unspecified atom stereocenters. The molecule has 0 bridgehead atoms. The van der Waals surface area contributed by atoms with E-state index in [1.165, 1.54) is 7.11 Å². The molecular weight excluding hydrogens is 204 g/mol. The molecule has 96 valence electrons. The summed E-state index contributed by atoms with van der Waals surface area (Å²) in [5.74, 6) is -0.173. The first-order valence-corrected chi connectivity index (χ1v) is 6.08. The number of esters is 1. The minimum atomic E-state index is -0.173. The lowest BCUT2D eigenvalue weighted by atomic mass is 10.2. The topological polar surface area (TPSA) is 41.6 Å². The zero-order valence-electron chi connectivity index (χ0n) is 11.2. The molecule has 4 heteroatoms. The van der Waals surface area contributed by atoms with E-state index in [9.17, 15) is 4.79 Å². The summed E-state index contributed by atoms with van der Waals surface area (Å²) in [6, 6.07) is 0.412. The SMILES string of the molecule is CCC(NCCN(C)C(C)CC)C(=O)OC. The zero-order chi connectivity index (χ0) is 12.6. The van der Waals surface area contributed by atoms with Gasteiger partial charge in [0.15, 0.2) is 0 Å². The molecule has 2 atom stereocenters. The molecule has 16 heavy (non-hydrogen) atoms. The van der Waals surface area contributed by atoms with Crippen molar-refractivity contribution in [2.75, 3.05) is 27.2 Å². The summed E-state index contributed by atoms with van der Waals surface area (Å²) in [5, 5.41) is 3.21. The van der Waals surface area contributed by atoms with Gasteiger partial charge in [0.1, 0.15) is 6.04 Å². The maximum absolute atomic E-state index is 11.3. The number of hydrogen-bond acceptors (Lipinski definition) is 4. The molecule has 0 spiro atoms. The molecule has 0 heterocycles. The standard InChI is InChI=1S/C12H26N2O2/c1-6-10(3)14(4)9-8-13-11(7-2)12(15)16-5/h10-11,13H,6-9H2,1-5H3. The van der Waals surface area contributed by atoms with Gasteiger partial charge in [0.05, 0.1) is 7.11 Å². The van der Waals surface area contributed by atoms with Crippen LogP contribution in [0, 0.1) is 0 Å². The Kier molecular flexibility index (Phi) is 8.21. The molecule has 0 radical (unpaired) electrons. The highest BCUT2D eigenvalue weighted by molar-refractivity contribution is 5.75. The van der Waals surface area contributed by atoms with Gasteiger partial charge < -0.3 is 15.0 Å². The third-order valence-electron chi connectivity index (χ3n) is 3.09. The second kappa shape index (κ2) is 8.53. The third kappa shape index (κ3) is 5.47. The third-order valence-corrected chi connectivity index (χ3v) is 3.09. The zero-order valence-corrected chi connectivity index (χ0v) is 11.2. The van der Waals surface area contributed by atoms with Crippen LogP contribution >= 0.6 is 0 Å². The Morgan fingerprint density at radius 2 is 2.00 bits per heavy atom. The first-order chi connectivity index (χ1) is 7.56. The summed E-state index contributed by atoms with van der Waals surface area (Å²) < 4.78 is 4.71.